The maximum Gasteiger partial charge on any atom is 0.307 e. The Balaban J connectivity index is 2.85. The lowest BCUT2D eigenvalue weighted by Gasteiger charge is -2.26. The summed E-state index contributed by atoms with van der Waals surface area (Å²) in [5.74, 6) is 0.436. The van der Waals surface area contributed by atoms with Gasteiger partial charge in [0.05, 0.1) is 26.2 Å². The second-order valence-corrected chi connectivity index (χ2v) is 4.46. The van der Waals surface area contributed by atoms with Crippen molar-refractivity contribution in [3.63, 3.8) is 0 Å². The number of benzene rings is 1. The minimum atomic E-state index is -0.444. The van der Waals surface area contributed by atoms with Crippen LogP contribution in [0.5, 0.6) is 5.75 Å². The Kier molecular flexibility index (Phi) is 7.27. The second-order valence-electron chi connectivity index (χ2n) is 4.46. The first-order valence-corrected chi connectivity index (χ1v) is 7.10. The van der Waals surface area contributed by atoms with Crippen LogP contribution in [0.3, 0.4) is 0 Å². The van der Waals surface area contributed by atoms with E-state index in [-0.39, 0.29) is 12.4 Å². The van der Waals surface area contributed by atoms with E-state index in [1.807, 2.05) is 36.1 Å². The van der Waals surface area contributed by atoms with Gasteiger partial charge in [-0.1, -0.05) is 25.1 Å². The Morgan fingerprint density at radius 2 is 2.10 bits per heavy atom. The highest BCUT2D eigenvalue weighted by Crippen LogP contribution is 2.28. The number of rotatable bonds is 8. The van der Waals surface area contributed by atoms with Gasteiger partial charge < -0.3 is 9.47 Å². The van der Waals surface area contributed by atoms with Crippen molar-refractivity contribution in [2.75, 3.05) is 26.8 Å². The van der Waals surface area contributed by atoms with Crippen molar-refractivity contribution in [2.45, 2.75) is 26.3 Å². The lowest BCUT2D eigenvalue weighted by atomic mass is 10.0. The van der Waals surface area contributed by atoms with Gasteiger partial charge in [-0.15, -0.1) is 0 Å². The van der Waals surface area contributed by atoms with Gasteiger partial charge in [-0.05, 0) is 19.5 Å². The van der Waals surface area contributed by atoms with E-state index in [0.29, 0.717) is 25.4 Å². The van der Waals surface area contributed by atoms with Crippen LogP contribution >= 0.6 is 0 Å². The van der Waals surface area contributed by atoms with Crippen molar-refractivity contribution in [2.24, 2.45) is 0 Å². The van der Waals surface area contributed by atoms with E-state index in [1.165, 1.54) is 0 Å². The van der Waals surface area contributed by atoms with Crippen molar-refractivity contribution in [1.82, 2.24) is 4.90 Å². The normalized spacial score (nSPS) is 11.8. The standard InChI is InChI=1S/C16H22N2O3/c1-4-18(11-10-16(19)21-5-2)14(12-17)13-8-6-7-9-15(13)20-3/h6-9,14H,4-5,10-11H2,1-3H3. The summed E-state index contributed by atoms with van der Waals surface area (Å²) < 4.78 is 10.2. The number of ether oxygens (including phenoxy) is 2. The molecule has 5 nitrogen and oxygen atoms in total. The zero-order chi connectivity index (χ0) is 15.7. The SMILES string of the molecule is CCOC(=O)CCN(CC)C(C#N)c1ccccc1OC. The van der Waals surface area contributed by atoms with Gasteiger partial charge in [-0.3, -0.25) is 9.69 Å². The van der Waals surface area contributed by atoms with E-state index in [0.717, 1.165) is 5.56 Å². The lowest BCUT2D eigenvalue weighted by Crippen LogP contribution is -2.30. The Morgan fingerprint density at radius 3 is 2.67 bits per heavy atom. The van der Waals surface area contributed by atoms with E-state index in [1.54, 1.807) is 14.0 Å². The van der Waals surface area contributed by atoms with Gasteiger partial charge in [-0.25, -0.2) is 0 Å². The number of nitriles is 1. The monoisotopic (exact) mass is 290 g/mol. The Morgan fingerprint density at radius 1 is 1.38 bits per heavy atom. The Bertz CT molecular complexity index is 497. The fraction of sp³-hybridized carbons (Fsp3) is 0.500. The third-order valence-electron chi connectivity index (χ3n) is 3.24. The molecule has 1 rings (SSSR count). The summed E-state index contributed by atoms with van der Waals surface area (Å²) in [6, 6.07) is 9.30. The van der Waals surface area contributed by atoms with Crippen LogP contribution in [0.1, 0.15) is 31.9 Å². The predicted molar refractivity (Wildman–Crippen MR) is 79.8 cm³/mol. The number of nitrogens with zero attached hydrogens (tertiary/aromatic N) is 2. The molecule has 21 heavy (non-hydrogen) atoms. The van der Waals surface area contributed by atoms with E-state index in [4.69, 9.17) is 9.47 Å². The van der Waals surface area contributed by atoms with Crippen LogP contribution in [-0.4, -0.2) is 37.7 Å². The number of para-hydroxylation sites is 1. The average molecular weight is 290 g/mol. The van der Waals surface area contributed by atoms with E-state index >= 15 is 0 Å². The summed E-state index contributed by atoms with van der Waals surface area (Å²) in [6.45, 7) is 5.26. The molecular formula is C16H22N2O3. The quantitative estimate of drug-likeness (QED) is 0.688. The molecule has 114 valence electrons. The van der Waals surface area contributed by atoms with Crippen LogP contribution in [0.25, 0.3) is 0 Å². The van der Waals surface area contributed by atoms with Crippen LogP contribution in [0, 0.1) is 11.3 Å². The molecule has 1 unspecified atom stereocenters. The van der Waals surface area contributed by atoms with Crippen molar-refractivity contribution in [3.8, 4) is 11.8 Å². The summed E-state index contributed by atoms with van der Waals surface area (Å²) in [4.78, 5) is 13.4. The summed E-state index contributed by atoms with van der Waals surface area (Å²) in [7, 11) is 1.59. The number of carbonyl (C=O) groups excluding carboxylic acids is 1. The fourth-order valence-electron chi connectivity index (χ4n) is 2.18. The molecule has 0 N–H and O–H groups in total. The first-order chi connectivity index (χ1) is 10.2. The number of methoxy groups -OCH3 is 1. The lowest BCUT2D eigenvalue weighted by molar-refractivity contribution is -0.143. The molecule has 0 radical (unpaired) electrons. The zero-order valence-electron chi connectivity index (χ0n) is 12.8. The van der Waals surface area contributed by atoms with Gasteiger partial charge in [0.25, 0.3) is 0 Å². The van der Waals surface area contributed by atoms with Crippen LogP contribution < -0.4 is 4.74 Å². The van der Waals surface area contributed by atoms with E-state index in [2.05, 4.69) is 6.07 Å². The molecule has 0 saturated carbocycles. The van der Waals surface area contributed by atoms with Gasteiger partial charge in [0.15, 0.2) is 0 Å². The van der Waals surface area contributed by atoms with Gasteiger partial charge in [0.1, 0.15) is 11.8 Å². The molecule has 1 aromatic carbocycles. The summed E-state index contributed by atoms with van der Waals surface area (Å²) in [5.41, 5.74) is 0.813. The maximum atomic E-state index is 11.5. The molecule has 0 amide bonds. The van der Waals surface area contributed by atoms with Gasteiger partial charge in [0, 0.05) is 12.1 Å². The second kappa shape index (κ2) is 8.98. The van der Waals surface area contributed by atoms with Gasteiger partial charge in [-0.2, -0.15) is 5.26 Å². The molecule has 1 atom stereocenters. The molecule has 0 bridgehead atoms. The minimum Gasteiger partial charge on any atom is -0.496 e. The molecule has 1 aromatic rings. The smallest absolute Gasteiger partial charge is 0.307 e. The third kappa shape index (κ3) is 4.76. The predicted octanol–water partition coefficient (Wildman–Crippen LogP) is 2.53. The molecule has 0 aliphatic heterocycles. The molecule has 0 fully saturated rings. The fourth-order valence-corrected chi connectivity index (χ4v) is 2.18. The molecule has 5 heteroatoms. The number of esters is 1. The van der Waals surface area contributed by atoms with Crippen molar-refractivity contribution in [1.29, 1.82) is 5.26 Å². The maximum absolute atomic E-state index is 11.5. The highest BCUT2D eigenvalue weighted by molar-refractivity contribution is 5.69. The molecule has 0 aromatic heterocycles. The Hall–Kier alpha value is -2.06. The Labute approximate surface area is 126 Å². The minimum absolute atomic E-state index is 0.243. The van der Waals surface area contributed by atoms with Gasteiger partial charge in [0.2, 0.25) is 0 Å². The largest absolute Gasteiger partial charge is 0.496 e. The van der Waals surface area contributed by atoms with Crippen LogP contribution in [0.15, 0.2) is 24.3 Å². The molecular weight excluding hydrogens is 268 g/mol. The first kappa shape index (κ1) is 17.0. The molecule has 0 spiro atoms. The van der Waals surface area contributed by atoms with Crippen molar-refractivity contribution in [3.05, 3.63) is 29.8 Å². The molecule has 0 aliphatic carbocycles. The van der Waals surface area contributed by atoms with Crippen LogP contribution in [0.4, 0.5) is 0 Å². The van der Waals surface area contributed by atoms with Crippen LogP contribution in [-0.2, 0) is 9.53 Å². The first-order valence-electron chi connectivity index (χ1n) is 7.10. The van der Waals surface area contributed by atoms with Crippen molar-refractivity contribution >= 4 is 5.97 Å². The highest BCUT2D eigenvalue weighted by Gasteiger charge is 2.22. The molecule has 0 heterocycles. The van der Waals surface area contributed by atoms with E-state index < -0.39 is 6.04 Å². The number of hydrogen-bond acceptors (Lipinski definition) is 5. The summed E-state index contributed by atoms with van der Waals surface area (Å²) in [5, 5.41) is 9.51. The summed E-state index contributed by atoms with van der Waals surface area (Å²) in [6.07, 6.45) is 0.273. The molecule has 0 aliphatic rings. The zero-order valence-corrected chi connectivity index (χ0v) is 12.8. The average Bonchev–Trinajstić information content (AvgIpc) is 2.51. The van der Waals surface area contributed by atoms with Crippen molar-refractivity contribution < 1.29 is 14.3 Å². The van der Waals surface area contributed by atoms with Crippen LogP contribution in [0.2, 0.25) is 0 Å². The van der Waals surface area contributed by atoms with E-state index in [9.17, 15) is 10.1 Å². The highest BCUT2D eigenvalue weighted by atomic mass is 16.5. The third-order valence-corrected chi connectivity index (χ3v) is 3.24. The molecule has 0 saturated heterocycles. The van der Waals surface area contributed by atoms with Gasteiger partial charge >= 0.3 is 5.97 Å². The number of hydrogen-bond donors (Lipinski definition) is 0. The number of carbonyl (C=O) groups is 1. The summed E-state index contributed by atoms with van der Waals surface area (Å²) >= 11 is 0. The topological polar surface area (TPSA) is 62.6 Å².